The highest BCUT2D eigenvalue weighted by Gasteiger charge is 2.20. The molecule has 0 spiro atoms. The zero-order chi connectivity index (χ0) is 21.0. The molecule has 1 unspecified atom stereocenters. The van der Waals surface area contributed by atoms with Crippen LogP contribution in [0, 0.1) is 13.8 Å². The lowest BCUT2D eigenvalue weighted by atomic mass is 10.1. The molecule has 0 aliphatic heterocycles. The minimum atomic E-state index is -0.339. The van der Waals surface area contributed by atoms with Crippen molar-refractivity contribution in [2.75, 3.05) is 5.32 Å². The number of carbonyl (C=O) groups excluding carboxylic acids is 1. The van der Waals surface area contributed by atoms with Crippen LogP contribution >= 0.6 is 23.4 Å². The van der Waals surface area contributed by atoms with Crippen molar-refractivity contribution in [2.24, 2.45) is 7.05 Å². The van der Waals surface area contributed by atoms with Crippen LogP contribution in [0.2, 0.25) is 5.02 Å². The molecule has 1 amide bonds. The Morgan fingerprint density at radius 2 is 1.86 bits per heavy atom. The van der Waals surface area contributed by atoms with Gasteiger partial charge >= 0.3 is 0 Å². The van der Waals surface area contributed by atoms with E-state index in [9.17, 15) is 4.79 Å². The van der Waals surface area contributed by atoms with Gasteiger partial charge in [-0.15, -0.1) is 10.2 Å². The van der Waals surface area contributed by atoms with Crippen LogP contribution in [0.25, 0.3) is 0 Å². The number of para-hydroxylation sites is 2. The predicted octanol–water partition coefficient (Wildman–Crippen LogP) is 4.78. The molecule has 0 saturated heterocycles. The number of hydrogen-bond donors (Lipinski definition) is 1. The normalized spacial score (nSPS) is 11.9. The predicted molar refractivity (Wildman–Crippen MR) is 117 cm³/mol. The molecule has 1 aromatic heterocycles. The Labute approximate surface area is 179 Å². The molecule has 0 saturated carbocycles. The van der Waals surface area contributed by atoms with Crippen LogP contribution in [0.15, 0.2) is 47.6 Å². The third-order valence-corrected chi connectivity index (χ3v) is 5.95. The van der Waals surface area contributed by atoms with Gasteiger partial charge in [0.25, 0.3) is 0 Å². The van der Waals surface area contributed by atoms with Crippen LogP contribution in [0.3, 0.4) is 0 Å². The summed E-state index contributed by atoms with van der Waals surface area (Å²) in [6.45, 7) is 6.04. The number of aryl methyl sites for hydroxylation is 2. The number of thioether (sulfide) groups is 1. The number of amides is 1. The van der Waals surface area contributed by atoms with Gasteiger partial charge in [0, 0.05) is 12.7 Å². The first-order chi connectivity index (χ1) is 13.9. The first-order valence-electron chi connectivity index (χ1n) is 9.16. The van der Waals surface area contributed by atoms with Gasteiger partial charge in [-0.2, -0.15) is 0 Å². The van der Waals surface area contributed by atoms with Gasteiger partial charge in [-0.25, -0.2) is 0 Å². The number of halogens is 1. The third kappa shape index (κ3) is 5.10. The molecule has 8 heteroatoms. The van der Waals surface area contributed by atoms with Gasteiger partial charge in [-0.1, -0.05) is 53.7 Å². The van der Waals surface area contributed by atoms with Crippen LogP contribution in [0.5, 0.6) is 5.75 Å². The number of ether oxygens (including phenoxy) is 1. The fourth-order valence-corrected chi connectivity index (χ4v) is 3.75. The summed E-state index contributed by atoms with van der Waals surface area (Å²) in [7, 11) is 1.85. The van der Waals surface area contributed by atoms with Crippen molar-refractivity contribution < 1.29 is 9.53 Å². The standard InChI is InChI=1S/C21H23ClN4O2S/c1-13-8-7-9-14(2)19(13)23-20(27)15(3)29-21-25-24-18(26(21)4)12-28-17-11-6-5-10-16(17)22/h5-11,15H,12H2,1-4H3,(H,23,27). The maximum Gasteiger partial charge on any atom is 0.237 e. The SMILES string of the molecule is Cc1cccc(C)c1NC(=O)C(C)Sc1nnc(COc2ccccc2Cl)n1C. The average molecular weight is 431 g/mol. The van der Waals surface area contributed by atoms with E-state index in [1.807, 2.05) is 62.7 Å². The number of anilines is 1. The van der Waals surface area contributed by atoms with E-state index >= 15 is 0 Å². The molecular formula is C21H23ClN4O2S. The van der Waals surface area contributed by atoms with E-state index in [4.69, 9.17) is 16.3 Å². The average Bonchev–Trinajstić information content (AvgIpc) is 3.03. The van der Waals surface area contributed by atoms with Crippen LogP contribution in [0.4, 0.5) is 5.69 Å². The van der Waals surface area contributed by atoms with Crippen LogP contribution in [-0.2, 0) is 18.4 Å². The number of carbonyl (C=O) groups is 1. The molecule has 1 atom stereocenters. The largest absolute Gasteiger partial charge is 0.484 e. The number of benzene rings is 2. The summed E-state index contributed by atoms with van der Waals surface area (Å²) in [6, 6.07) is 13.2. The van der Waals surface area contributed by atoms with E-state index in [1.54, 1.807) is 12.1 Å². The highest BCUT2D eigenvalue weighted by molar-refractivity contribution is 8.00. The minimum Gasteiger partial charge on any atom is -0.484 e. The Morgan fingerprint density at radius 1 is 1.17 bits per heavy atom. The van der Waals surface area contributed by atoms with Gasteiger partial charge in [0.15, 0.2) is 11.0 Å². The molecule has 0 radical (unpaired) electrons. The Morgan fingerprint density at radius 3 is 2.55 bits per heavy atom. The van der Waals surface area contributed by atoms with Gasteiger partial charge in [0.05, 0.1) is 10.3 Å². The summed E-state index contributed by atoms with van der Waals surface area (Å²) in [6.07, 6.45) is 0. The monoisotopic (exact) mass is 430 g/mol. The Kier molecular flexibility index (Phi) is 6.82. The molecule has 152 valence electrons. The smallest absolute Gasteiger partial charge is 0.237 e. The Bertz CT molecular complexity index is 1000. The van der Waals surface area contributed by atoms with Gasteiger partial charge in [-0.05, 0) is 44.0 Å². The van der Waals surface area contributed by atoms with Crippen molar-refractivity contribution in [2.45, 2.75) is 37.8 Å². The topological polar surface area (TPSA) is 69.0 Å². The van der Waals surface area contributed by atoms with E-state index in [1.165, 1.54) is 11.8 Å². The second kappa shape index (κ2) is 9.33. The molecule has 3 rings (SSSR count). The van der Waals surface area contributed by atoms with Crippen molar-refractivity contribution >= 4 is 35.0 Å². The lowest BCUT2D eigenvalue weighted by Crippen LogP contribution is -2.23. The van der Waals surface area contributed by atoms with E-state index < -0.39 is 0 Å². The van der Waals surface area contributed by atoms with Gasteiger partial charge in [0.1, 0.15) is 12.4 Å². The highest BCUT2D eigenvalue weighted by atomic mass is 35.5. The van der Waals surface area contributed by atoms with Crippen LogP contribution in [0.1, 0.15) is 23.9 Å². The summed E-state index contributed by atoms with van der Waals surface area (Å²) in [4.78, 5) is 12.7. The zero-order valence-corrected chi connectivity index (χ0v) is 18.3. The lowest BCUT2D eigenvalue weighted by molar-refractivity contribution is -0.115. The first kappa shape index (κ1) is 21.2. The van der Waals surface area contributed by atoms with E-state index in [0.29, 0.717) is 21.8 Å². The molecule has 0 bridgehead atoms. The summed E-state index contributed by atoms with van der Waals surface area (Å²) in [5.41, 5.74) is 2.93. The fraction of sp³-hybridized carbons (Fsp3) is 0.286. The summed E-state index contributed by atoms with van der Waals surface area (Å²) < 4.78 is 7.55. The molecule has 29 heavy (non-hydrogen) atoms. The summed E-state index contributed by atoms with van der Waals surface area (Å²) in [5, 5.41) is 12.2. The molecule has 0 aliphatic carbocycles. The number of rotatable bonds is 7. The van der Waals surface area contributed by atoms with Crippen molar-refractivity contribution in [3.8, 4) is 5.75 Å². The van der Waals surface area contributed by atoms with Crippen LogP contribution < -0.4 is 10.1 Å². The second-order valence-electron chi connectivity index (χ2n) is 6.69. The fourth-order valence-electron chi connectivity index (χ4n) is 2.73. The molecular weight excluding hydrogens is 408 g/mol. The van der Waals surface area contributed by atoms with E-state index in [2.05, 4.69) is 15.5 Å². The summed E-state index contributed by atoms with van der Waals surface area (Å²) in [5.74, 6) is 1.16. The van der Waals surface area contributed by atoms with Gasteiger partial charge < -0.3 is 14.6 Å². The van der Waals surface area contributed by atoms with Gasteiger partial charge in [-0.3, -0.25) is 4.79 Å². The number of nitrogens with one attached hydrogen (secondary N) is 1. The van der Waals surface area contributed by atoms with Gasteiger partial charge in [0.2, 0.25) is 5.91 Å². The molecule has 1 N–H and O–H groups in total. The number of nitrogens with zero attached hydrogens (tertiary/aromatic N) is 3. The lowest BCUT2D eigenvalue weighted by Gasteiger charge is -2.15. The van der Waals surface area contributed by atoms with Crippen molar-refractivity contribution in [3.63, 3.8) is 0 Å². The molecule has 0 fully saturated rings. The van der Waals surface area contributed by atoms with E-state index in [0.717, 1.165) is 16.8 Å². The minimum absolute atomic E-state index is 0.0794. The molecule has 6 nitrogen and oxygen atoms in total. The quantitative estimate of drug-likeness (QED) is 0.546. The molecule has 1 heterocycles. The zero-order valence-electron chi connectivity index (χ0n) is 16.8. The highest BCUT2D eigenvalue weighted by Crippen LogP contribution is 2.26. The summed E-state index contributed by atoms with van der Waals surface area (Å²) >= 11 is 7.46. The third-order valence-electron chi connectivity index (χ3n) is 4.50. The number of aromatic nitrogens is 3. The van der Waals surface area contributed by atoms with Crippen molar-refractivity contribution in [1.82, 2.24) is 14.8 Å². The van der Waals surface area contributed by atoms with Crippen molar-refractivity contribution in [1.29, 1.82) is 0 Å². The van der Waals surface area contributed by atoms with Crippen LogP contribution in [-0.4, -0.2) is 25.9 Å². The maximum absolute atomic E-state index is 12.7. The maximum atomic E-state index is 12.7. The molecule has 2 aromatic carbocycles. The van der Waals surface area contributed by atoms with Crippen molar-refractivity contribution in [3.05, 3.63) is 64.4 Å². The first-order valence-corrected chi connectivity index (χ1v) is 10.4. The molecule has 0 aliphatic rings. The number of hydrogen-bond acceptors (Lipinski definition) is 5. The van der Waals surface area contributed by atoms with E-state index in [-0.39, 0.29) is 17.8 Å². The Hall–Kier alpha value is -2.51. The molecule has 3 aromatic rings. The second-order valence-corrected chi connectivity index (χ2v) is 8.41. The Balaban J connectivity index is 1.63.